The summed E-state index contributed by atoms with van der Waals surface area (Å²) in [6, 6.07) is 7.95. The van der Waals surface area contributed by atoms with Crippen molar-refractivity contribution in [1.29, 1.82) is 0 Å². The standard InChI is InChI=1S/C10H12ClN3/c11-8-3-1-2-7(6-8)10(14-12)13-9-4-5-9/h1-3,6,9H,4-5,12H2,(H,13,14). The van der Waals surface area contributed by atoms with Crippen LogP contribution in [0.4, 0.5) is 0 Å². The molecule has 0 bridgehead atoms. The molecule has 2 rings (SSSR count). The van der Waals surface area contributed by atoms with Crippen LogP contribution in [0.15, 0.2) is 29.3 Å². The number of hydrazine groups is 1. The first-order chi connectivity index (χ1) is 6.79. The molecule has 1 aromatic carbocycles. The number of halogens is 1. The molecule has 0 aromatic heterocycles. The van der Waals surface area contributed by atoms with Crippen LogP contribution in [-0.4, -0.2) is 11.9 Å². The Morgan fingerprint density at radius 2 is 2.29 bits per heavy atom. The van der Waals surface area contributed by atoms with E-state index in [-0.39, 0.29) is 0 Å². The third-order valence-corrected chi connectivity index (χ3v) is 2.33. The molecule has 3 N–H and O–H groups in total. The van der Waals surface area contributed by atoms with Gasteiger partial charge in [-0.05, 0) is 25.0 Å². The Labute approximate surface area is 87.9 Å². The largest absolute Gasteiger partial charge is 0.308 e. The van der Waals surface area contributed by atoms with Gasteiger partial charge in [-0.2, -0.15) is 0 Å². The van der Waals surface area contributed by atoms with Gasteiger partial charge >= 0.3 is 0 Å². The minimum absolute atomic E-state index is 0.444. The van der Waals surface area contributed by atoms with E-state index in [4.69, 9.17) is 17.4 Å². The van der Waals surface area contributed by atoms with Gasteiger partial charge in [0.1, 0.15) is 5.84 Å². The van der Waals surface area contributed by atoms with E-state index in [9.17, 15) is 0 Å². The fourth-order valence-electron chi connectivity index (χ4n) is 1.22. The summed E-state index contributed by atoms with van der Waals surface area (Å²) >= 11 is 5.87. The quantitative estimate of drug-likeness (QED) is 0.337. The van der Waals surface area contributed by atoms with Crippen LogP contribution in [0.25, 0.3) is 0 Å². The van der Waals surface area contributed by atoms with Crippen molar-refractivity contribution in [1.82, 2.24) is 5.43 Å². The summed E-state index contributed by atoms with van der Waals surface area (Å²) in [5, 5.41) is 0.696. The average molecular weight is 210 g/mol. The normalized spacial score (nSPS) is 16.9. The van der Waals surface area contributed by atoms with Crippen LogP contribution >= 0.6 is 11.6 Å². The molecule has 0 saturated heterocycles. The zero-order chi connectivity index (χ0) is 9.97. The maximum atomic E-state index is 5.87. The topological polar surface area (TPSA) is 50.4 Å². The molecule has 0 unspecified atom stereocenters. The molecule has 3 nitrogen and oxygen atoms in total. The molecule has 4 heteroatoms. The van der Waals surface area contributed by atoms with Crippen molar-refractivity contribution < 1.29 is 0 Å². The lowest BCUT2D eigenvalue weighted by Gasteiger charge is -2.05. The summed E-state index contributed by atoms with van der Waals surface area (Å²) in [4.78, 5) is 4.44. The number of nitrogens with two attached hydrogens (primary N) is 1. The Bertz CT molecular complexity index is 358. The number of rotatable bonds is 2. The van der Waals surface area contributed by atoms with Crippen molar-refractivity contribution in [2.75, 3.05) is 0 Å². The van der Waals surface area contributed by atoms with E-state index in [1.54, 1.807) is 0 Å². The zero-order valence-corrected chi connectivity index (χ0v) is 8.46. The van der Waals surface area contributed by atoms with Crippen molar-refractivity contribution in [3.63, 3.8) is 0 Å². The first-order valence-electron chi connectivity index (χ1n) is 4.60. The Hall–Kier alpha value is -1.06. The molecule has 14 heavy (non-hydrogen) atoms. The van der Waals surface area contributed by atoms with E-state index in [0.717, 1.165) is 24.2 Å². The molecular weight excluding hydrogens is 198 g/mol. The van der Waals surface area contributed by atoms with Crippen LogP contribution in [-0.2, 0) is 0 Å². The van der Waals surface area contributed by atoms with Gasteiger partial charge in [0.2, 0.25) is 0 Å². The molecule has 0 atom stereocenters. The van der Waals surface area contributed by atoms with Crippen molar-refractivity contribution in [3.8, 4) is 0 Å². The van der Waals surface area contributed by atoms with Gasteiger partial charge in [0.05, 0.1) is 6.04 Å². The minimum Gasteiger partial charge on any atom is -0.308 e. The second kappa shape index (κ2) is 3.98. The minimum atomic E-state index is 0.444. The zero-order valence-electron chi connectivity index (χ0n) is 7.70. The highest BCUT2D eigenvalue weighted by Crippen LogP contribution is 2.24. The van der Waals surface area contributed by atoms with Crippen LogP contribution in [0.2, 0.25) is 5.02 Å². The highest BCUT2D eigenvalue weighted by molar-refractivity contribution is 6.31. The van der Waals surface area contributed by atoms with Crippen LogP contribution in [0.5, 0.6) is 0 Å². The van der Waals surface area contributed by atoms with Gasteiger partial charge in [-0.25, -0.2) is 5.84 Å². The SMILES string of the molecule is NNC(=NC1CC1)c1cccc(Cl)c1. The van der Waals surface area contributed by atoms with Crippen LogP contribution in [0.1, 0.15) is 18.4 Å². The molecular formula is C10H12ClN3. The lowest BCUT2D eigenvalue weighted by Crippen LogP contribution is -2.31. The van der Waals surface area contributed by atoms with E-state index < -0.39 is 0 Å². The van der Waals surface area contributed by atoms with Crippen LogP contribution in [0.3, 0.4) is 0 Å². The molecule has 0 radical (unpaired) electrons. The van der Waals surface area contributed by atoms with Gasteiger partial charge < -0.3 is 5.43 Å². The first-order valence-corrected chi connectivity index (χ1v) is 4.98. The maximum absolute atomic E-state index is 5.87. The van der Waals surface area contributed by atoms with Crippen molar-refractivity contribution >= 4 is 17.4 Å². The summed E-state index contributed by atoms with van der Waals surface area (Å²) in [6.45, 7) is 0. The second-order valence-corrected chi connectivity index (χ2v) is 3.80. The third-order valence-electron chi connectivity index (χ3n) is 2.09. The molecule has 0 amide bonds. The van der Waals surface area contributed by atoms with Gasteiger partial charge in [0, 0.05) is 10.6 Å². The molecule has 0 heterocycles. The molecule has 1 aliphatic rings. The van der Waals surface area contributed by atoms with Gasteiger partial charge in [-0.3, -0.25) is 4.99 Å². The van der Waals surface area contributed by atoms with Crippen molar-refractivity contribution in [2.45, 2.75) is 18.9 Å². The molecule has 1 fully saturated rings. The van der Waals surface area contributed by atoms with Crippen molar-refractivity contribution in [2.24, 2.45) is 10.8 Å². The maximum Gasteiger partial charge on any atom is 0.142 e. The van der Waals surface area contributed by atoms with E-state index in [2.05, 4.69) is 10.4 Å². The molecule has 0 aliphatic heterocycles. The van der Waals surface area contributed by atoms with E-state index in [0.29, 0.717) is 11.1 Å². The van der Waals surface area contributed by atoms with E-state index >= 15 is 0 Å². The van der Waals surface area contributed by atoms with Crippen LogP contribution in [0, 0.1) is 0 Å². The van der Waals surface area contributed by atoms with Gasteiger partial charge in [-0.1, -0.05) is 23.7 Å². The summed E-state index contributed by atoms with van der Waals surface area (Å²) < 4.78 is 0. The van der Waals surface area contributed by atoms with Gasteiger partial charge in [0.15, 0.2) is 0 Å². The Kier molecular flexibility index (Phi) is 2.70. The fourth-order valence-corrected chi connectivity index (χ4v) is 1.41. The number of hydrogen-bond donors (Lipinski definition) is 2. The fraction of sp³-hybridized carbons (Fsp3) is 0.300. The molecule has 1 aliphatic carbocycles. The Morgan fingerprint density at radius 1 is 1.50 bits per heavy atom. The molecule has 74 valence electrons. The van der Waals surface area contributed by atoms with Crippen molar-refractivity contribution in [3.05, 3.63) is 34.9 Å². The number of nitrogens with zero attached hydrogens (tertiary/aromatic N) is 1. The summed E-state index contributed by atoms with van der Waals surface area (Å²) in [6.07, 6.45) is 2.32. The number of amidine groups is 1. The van der Waals surface area contributed by atoms with E-state index in [1.807, 2.05) is 24.3 Å². The monoisotopic (exact) mass is 209 g/mol. The number of aliphatic imine (C=N–C) groups is 1. The number of hydrogen-bond acceptors (Lipinski definition) is 2. The van der Waals surface area contributed by atoms with Crippen LogP contribution < -0.4 is 11.3 Å². The predicted octanol–water partition coefficient (Wildman–Crippen LogP) is 1.71. The highest BCUT2D eigenvalue weighted by Gasteiger charge is 2.21. The molecule has 1 aromatic rings. The average Bonchev–Trinajstić information content (AvgIpc) is 2.98. The highest BCUT2D eigenvalue weighted by atomic mass is 35.5. The molecule has 1 saturated carbocycles. The lowest BCUT2D eigenvalue weighted by atomic mass is 10.2. The number of nitrogens with one attached hydrogen (secondary N) is 1. The van der Waals surface area contributed by atoms with Gasteiger partial charge in [0.25, 0.3) is 0 Å². The Morgan fingerprint density at radius 3 is 2.86 bits per heavy atom. The smallest absolute Gasteiger partial charge is 0.142 e. The summed E-state index contributed by atoms with van der Waals surface area (Å²) in [5.41, 5.74) is 3.55. The third kappa shape index (κ3) is 2.25. The van der Waals surface area contributed by atoms with Gasteiger partial charge in [-0.15, -0.1) is 0 Å². The summed E-state index contributed by atoms with van der Waals surface area (Å²) in [7, 11) is 0. The second-order valence-electron chi connectivity index (χ2n) is 3.36. The molecule has 0 spiro atoms. The summed E-state index contributed by atoms with van der Waals surface area (Å²) in [5.74, 6) is 6.12. The lowest BCUT2D eigenvalue weighted by molar-refractivity contribution is 0.971. The predicted molar refractivity (Wildman–Crippen MR) is 58.3 cm³/mol. The number of benzene rings is 1. The van der Waals surface area contributed by atoms with E-state index in [1.165, 1.54) is 0 Å². The first kappa shape index (κ1) is 9.49. The Balaban J connectivity index is 2.26.